The molecule has 0 aliphatic carbocycles. The van der Waals surface area contributed by atoms with E-state index >= 15 is 0 Å². The zero-order valence-electron chi connectivity index (χ0n) is 33.1. The Balaban J connectivity index is 1.05. The van der Waals surface area contributed by atoms with Gasteiger partial charge in [-0.05, 0) is 108 Å². The molecule has 0 unspecified atom stereocenters. The Morgan fingerprint density at radius 2 is 1.66 bits per heavy atom. The number of carbonyl (C=O) groups excluding carboxylic acids is 3. The number of esters is 1. The number of aryl methyl sites for hydroxylation is 1. The molecule has 0 saturated carbocycles. The van der Waals surface area contributed by atoms with Gasteiger partial charge < -0.3 is 29.0 Å². The molecule has 0 spiro atoms. The Morgan fingerprint density at radius 1 is 0.932 bits per heavy atom. The summed E-state index contributed by atoms with van der Waals surface area (Å²) in [5, 5.41) is 3.81. The number of halogens is 2. The van der Waals surface area contributed by atoms with Crippen molar-refractivity contribution in [1.82, 2.24) is 15.2 Å². The lowest BCUT2D eigenvalue weighted by atomic mass is 9.92. The Bertz CT molecular complexity index is 2400. The Morgan fingerprint density at radius 3 is 2.37 bits per heavy atom. The van der Waals surface area contributed by atoms with Gasteiger partial charge in [0.05, 0.1) is 29.5 Å². The van der Waals surface area contributed by atoms with E-state index in [1.165, 1.54) is 12.0 Å². The number of aromatic nitrogens is 1. The first-order chi connectivity index (χ1) is 28.4. The molecule has 59 heavy (non-hydrogen) atoms. The topological polar surface area (TPSA) is 126 Å². The van der Waals surface area contributed by atoms with Crippen LogP contribution in [0.4, 0.5) is 4.79 Å². The Hall–Kier alpha value is -6.04. The van der Waals surface area contributed by atoms with E-state index in [0.717, 1.165) is 50.2 Å². The van der Waals surface area contributed by atoms with E-state index < -0.39 is 36.2 Å². The number of nitrogens with one attached hydrogen (secondary N) is 1. The third-order valence-corrected chi connectivity index (χ3v) is 11.2. The lowest BCUT2D eigenvalue weighted by Gasteiger charge is -2.37. The summed E-state index contributed by atoms with van der Waals surface area (Å²) in [6.07, 6.45) is 0.917. The lowest BCUT2D eigenvalue weighted by molar-refractivity contribution is -0.145. The maximum atomic E-state index is 14.1. The third-order valence-electron chi connectivity index (χ3n) is 10.5. The van der Waals surface area contributed by atoms with Crippen LogP contribution in [-0.4, -0.2) is 53.7 Å². The molecule has 13 heteroatoms. The average Bonchev–Trinajstić information content (AvgIpc) is 3.23. The number of fused-ring (bicyclic) bond motifs is 2. The number of ether oxygens (including phenoxy) is 5. The number of allylic oxidation sites excluding steroid dienone is 1. The number of amides is 2. The monoisotopic (exact) mass is 835 g/mol. The van der Waals surface area contributed by atoms with Crippen LogP contribution in [-0.2, 0) is 45.1 Å². The van der Waals surface area contributed by atoms with E-state index in [1.807, 2.05) is 86.6 Å². The summed E-state index contributed by atoms with van der Waals surface area (Å²) < 4.78 is 29.1. The highest BCUT2D eigenvalue weighted by Gasteiger charge is 2.39. The van der Waals surface area contributed by atoms with E-state index in [0.29, 0.717) is 33.9 Å². The van der Waals surface area contributed by atoms with Gasteiger partial charge in [0.1, 0.15) is 31.0 Å². The van der Waals surface area contributed by atoms with E-state index in [4.69, 9.17) is 46.9 Å². The minimum atomic E-state index is -1.02. The first-order valence-corrected chi connectivity index (χ1v) is 19.8. The molecule has 0 fully saturated rings. The maximum absolute atomic E-state index is 14.1. The van der Waals surface area contributed by atoms with Gasteiger partial charge in [-0.25, -0.2) is 9.59 Å². The summed E-state index contributed by atoms with van der Waals surface area (Å²) in [6.45, 7) is 9.86. The van der Waals surface area contributed by atoms with Gasteiger partial charge in [-0.15, -0.1) is 0 Å². The van der Waals surface area contributed by atoms with Crippen molar-refractivity contribution in [3.8, 4) is 28.4 Å². The van der Waals surface area contributed by atoms with Gasteiger partial charge in [-0.3, -0.25) is 14.7 Å². The number of rotatable bonds is 11. The van der Waals surface area contributed by atoms with E-state index in [9.17, 15) is 14.4 Å². The van der Waals surface area contributed by atoms with Crippen molar-refractivity contribution < 1.29 is 38.1 Å². The fourth-order valence-corrected chi connectivity index (χ4v) is 7.46. The number of hydrogen-bond acceptors (Lipinski definition) is 9. The molecular weight excluding hydrogens is 793 g/mol. The summed E-state index contributed by atoms with van der Waals surface area (Å²) in [5.41, 5.74) is 8.23. The molecule has 0 bridgehead atoms. The molecule has 3 heterocycles. The number of pyridine rings is 1. The van der Waals surface area contributed by atoms with Crippen LogP contribution in [0.3, 0.4) is 0 Å². The molecule has 4 aromatic carbocycles. The van der Waals surface area contributed by atoms with Crippen molar-refractivity contribution in [2.24, 2.45) is 0 Å². The second kappa shape index (κ2) is 17.8. The molecule has 304 valence electrons. The number of benzene rings is 4. The molecule has 7 rings (SSSR count). The molecule has 5 aromatic rings. The molecule has 11 nitrogen and oxygen atoms in total. The van der Waals surface area contributed by atoms with Crippen molar-refractivity contribution in [3.63, 3.8) is 0 Å². The van der Waals surface area contributed by atoms with Crippen molar-refractivity contribution in [2.45, 2.75) is 65.0 Å². The normalized spacial score (nSPS) is 16.0. The molecule has 1 N–H and O–H groups in total. The summed E-state index contributed by atoms with van der Waals surface area (Å²) in [4.78, 5) is 46.4. The predicted octanol–water partition coefficient (Wildman–Crippen LogP) is 9.06. The quantitative estimate of drug-likeness (QED) is 0.103. The van der Waals surface area contributed by atoms with Gasteiger partial charge >= 0.3 is 12.1 Å². The molecule has 3 atom stereocenters. The average molecular weight is 837 g/mol. The molecule has 2 amide bonds. The highest BCUT2D eigenvalue weighted by atomic mass is 35.5. The number of carbonyl (C=O) groups is 3. The van der Waals surface area contributed by atoms with Gasteiger partial charge in [0, 0.05) is 24.7 Å². The van der Waals surface area contributed by atoms with Gasteiger partial charge in [0.25, 0.3) is 0 Å². The Labute approximate surface area is 352 Å². The first-order valence-electron chi connectivity index (χ1n) is 19.0. The fourth-order valence-electron chi connectivity index (χ4n) is 7.14. The zero-order valence-corrected chi connectivity index (χ0v) is 34.6. The van der Waals surface area contributed by atoms with Gasteiger partial charge in [-0.2, -0.15) is 0 Å². The van der Waals surface area contributed by atoms with Crippen LogP contribution in [0.15, 0.2) is 103 Å². The summed E-state index contributed by atoms with van der Waals surface area (Å²) in [5.74, 6) is 0.709. The highest BCUT2D eigenvalue weighted by Crippen LogP contribution is 2.41. The van der Waals surface area contributed by atoms with Crippen molar-refractivity contribution in [1.29, 1.82) is 0 Å². The van der Waals surface area contributed by atoms with Crippen LogP contribution in [0, 0.1) is 13.8 Å². The maximum Gasteiger partial charge on any atom is 0.415 e. The minimum Gasteiger partial charge on any atom is -0.489 e. The van der Waals surface area contributed by atoms with Crippen LogP contribution in [0.1, 0.15) is 52.1 Å². The summed E-state index contributed by atoms with van der Waals surface area (Å²) in [6, 6.07) is 24.3. The van der Waals surface area contributed by atoms with Crippen LogP contribution < -0.4 is 19.5 Å². The van der Waals surface area contributed by atoms with Crippen LogP contribution in [0.5, 0.6) is 17.2 Å². The summed E-state index contributed by atoms with van der Waals surface area (Å²) >= 11 is 12.2. The SMILES string of the molecule is C=C(C)OC(=O)N1Cc2cc3c(cc2C[C@H]1C(=O)N[C@@H](Cc1ccc(-c2ccnc(C)c2C)cc1)C(=O)OC)OC[C@@H](c1ccc(OCc2ccc(Cl)c(Cl)c2)cc1)O3. The number of nitrogens with zero attached hydrogens (tertiary/aromatic N) is 2. The predicted molar refractivity (Wildman–Crippen MR) is 224 cm³/mol. The van der Waals surface area contributed by atoms with Crippen LogP contribution in [0.2, 0.25) is 10.0 Å². The van der Waals surface area contributed by atoms with E-state index in [1.54, 1.807) is 25.3 Å². The summed E-state index contributed by atoms with van der Waals surface area (Å²) in [7, 11) is 1.27. The molecular formula is C46H43Cl2N3O8. The van der Waals surface area contributed by atoms with Gasteiger partial charge in [0.2, 0.25) is 5.91 Å². The lowest BCUT2D eigenvalue weighted by Crippen LogP contribution is -2.56. The fraction of sp³-hybridized carbons (Fsp3) is 0.261. The number of hydrogen-bond donors (Lipinski definition) is 1. The van der Waals surface area contributed by atoms with E-state index in [-0.39, 0.29) is 31.8 Å². The minimum absolute atomic E-state index is 0.0317. The second-order valence-electron chi connectivity index (χ2n) is 14.6. The number of methoxy groups -OCH3 is 1. The van der Waals surface area contributed by atoms with Crippen LogP contribution >= 0.6 is 23.2 Å². The second-order valence-corrected chi connectivity index (χ2v) is 15.4. The standard InChI is InChI=1S/C46H43Cl2N3O8/c1-26(2)58-46(54)51-23-34-22-42-41(57-25-43(59-42)32-11-13-35(14-12-32)56-24-30-8-15-37(47)38(48)18-30)21-33(34)20-40(51)44(52)50-39(45(53)55-5)19-29-6-9-31(10-7-29)36-16-17-49-28(4)27(36)3/h6-18,21-22,39-40,43H,1,19-20,23-25H2,2-5H3,(H,50,52)/t39-,40-,43-/m0/s1. The van der Waals surface area contributed by atoms with Gasteiger partial charge in [0.15, 0.2) is 17.6 Å². The largest absolute Gasteiger partial charge is 0.489 e. The smallest absolute Gasteiger partial charge is 0.415 e. The zero-order chi connectivity index (χ0) is 41.8. The Kier molecular flexibility index (Phi) is 12.4. The molecule has 2 aliphatic heterocycles. The van der Waals surface area contributed by atoms with E-state index in [2.05, 4.69) is 16.9 Å². The highest BCUT2D eigenvalue weighted by molar-refractivity contribution is 6.42. The van der Waals surface area contributed by atoms with Crippen molar-refractivity contribution >= 4 is 41.2 Å². The molecule has 2 aliphatic rings. The van der Waals surface area contributed by atoms with Crippen molar-refractivity contribution in [2.75, 3.05) is 13.7 Å². The molecule has 1 aromatic heterocycles. The van der Waals surface area contributed by atoms with Crippen LogP contribution in [0.25, 0.3) is 11.1 Å². The first kappa shape index (κ1) is 41.1. The van der Waals surface area contributed by atoms with Crippen molar-refractivity contribution in [3.05, 3.63) is 153 Å². The molecule has 0 radical (unpaired) electrons. The third kappa shape index (κ3) is 9.48. The molecule has 0 saturated heterocycles. The van der Waals surface area contributed by atoms with Gasteiger partial charge in [-0.1, -0.05) is 72.2 Å².